The predicted molar refractivity (Wildman–Crippen MR) is 120 cm³/mol. The van der Waals surface area contributed by atoms with Crippen molar-refractivity contribution in [1.82, 2.24) is 5.32 Å². The smallest absolute Gasteiger partial charge is 0.227 e. The molecular formula is C24H28N2O4S. The molecule has 1 fully saturated rings. The molecule has 1 unspecified atom stereocenters. The molecule has 0 saturated carbocycles. The van der Waals surface area contributed by atoms with Gasteiger partial charge in [0, 0.05) is 25.2 Å². The number of nitrogens with one attached hydrogen (secondary N) is 1. The van der Waals surface area contributed by atoms with Crippen LogP contribution >= 0.6 is 0 Å². The highest BCUT2D eigenvalue weighted by molar-refractivity contribution is 7.90. The van der Waals surface area contributed by atoms with E-state index in [2.05, 4.69) is 17.4 Å². The van der Waals surface area contributed by atoms with Gasteiger partial charge in [-0.3, -0.25) is 9.59 Å². The van der Waals surface area contributed by atoms with E-state index in [-0.39, 0.29) is 36.3 Å². The summed E-state index contributed by atoms with van der Waals surface area (Å²) in [4.78, 5) is 26.7. The van der Waals surface area contributed by atoms with E-state index in [4.69, 9.17) is 0 Å². The van der Waals surface area contributed by atoms with Crippen molar-refractivity contribution in [3.05, 3.63) is 65.2 Å². The van der Waals surface area contributed by atoms with Crippen LogP contribution in [0.25, 0.3) is 0 Å². The molecule has 2 amide bonds. The third-order valence-corrected chi connectivity index (χ3v) is 7.73. The van der Waals surface area contributed by atoms with Crippen molar-refractivity contribution in [2.45, 2.75) is 37.9 Å². The van der Waals surface area contributed by atoms with E-state index in [1.54, 1.807) is 17.0 Å². The summed E-state index contributed by atoms with van der Waals surface area (Å²) in [7, 11) is -3.22. The van der Waals surface area contributed by atoms with E-state index in [1.165, 1.54) is 11.1 Å². The number of carbonyl (C=O) groups excluding carboxylic acids is 2. The number of benzene rings is 2. The van der Waals surface area contributed by atoms with Crippen LogP contribution in [0.3, 0.4) is 0 Å². The Morgan fingerprint density at radius 1 is 1.06 bits per heavy atom. The number of anilines is 1. The molecule has 0 radical (unpaired) electrons. The van der Waals surface area contributed by atoms with Gasteiger partial charge in [0.15, 0.2) is 9.84 Å². The molecule has 7 heteroatoms. The number of fused-ring (bicyclic) bond motifs is 1. The minimum atomic E-state index is -3.22. The number of sulfone groups is 1. The van der Waals surface area contributed by atoms with Crippen LogP contribution in [0, 0.1) is 5.92 Å². The Balaban J connectivity index is 1.24. The van der Waals surface area contributed by atoms with Crippen molar-refractivity contribution in [2.24, 2.45) is 5.92 Å². The van der Waals surface area contributed by atoms with E-state index < -0.39 is 15.8 Å². The van der Waals surface area contributed by atoms with Crippen LogP contribution in [-0.4, -0.2) is 39.1 Å². The molecule has 2 aliphatic rings. The number of rotatable bonds is 8. The highest BCUT2D eigenvalue weighted by atomic mass is 32.2. The summed E-state index contributed by atoms with van der Waals surface area (Å²) in [5.41, 5.74) is 4.29. The molecule has 31 heavy (non-hydrogen) atoms. The lowest BCUT2D eigenvalue weighted by Gasteiger charge is -2.18. The summed E-state index contributed by atoms with van der Waals surface area (Å²) in [5, 5.41) is 2.81. The predicted octanol–water partition coefficient (Wildman–Crippen LogP) is 2.65. The molecule has 1 aliphatic heterocycles. The first-order chi connectivity index (χ1) is 14.9. The highest BCUT2D eigenvalue weighted by Crippen LogP contribution is 2.30. The maximum absolute atomic E-state index is 12.5. The second-order valence-electron chi connectivity index (χ2n) is 8.43. The topological polar surface area (TPSA) is 83.5 Å². The third-order valence-electron chi connectivity index (χ3n) is 6.05. The molecule has 0 aromatic heterocycles. The highest BCUT2D eigenvalue weighted by Gasteiger charge is 2.35. The van der Waals surface area contributed by atoms with Crippen molar-refractivity contribution in [1.29, 1.82) is 0 Å². The quantitative estimate of drug-likeness (QED) is 0.640. The first-order valence-electron chi connectivity index (χ1n) is 10.9. The Kier molecular flexibility index (Phi) is 6.41. The minimum absolute atomic E-state index is 0.00858. The lowest BCUT2D eigenvalue weighted by Crippen LogP contribution is -2.34. The molecule has 0 spiro atoms. The zero-order chi connectivity index (χ0) is 21.8. The summed E-state index contributed by atoms with van der Waals surface area (Å²) in [6, 6.07) is 15.2. The molecule has 2 aromatic carbocycles. The van der Waals surface area contributed by atoms with Crippen LogP contribution < -0.4 is 10.2 Å². The van der Waals surface area contributed by atoms with Gasteiger partial charge in [-0.2, -0.15) is 0 Å². The Hall–Kier alpha value is -2.67. The summed E-state index contributed by atoms with van der Waals surface area (Å²) < 4.78 is 24.5. The van der Waals surface area contributed by atoms with E-state index in [1.807, 2.05) is 24.3 Å². The van der Waals surface area contributed by atoms with E-state index in [9.17, 15) is 18.0 Å². The maximum atomic E-state index is 12.5. The molecule has 0 bridgehead atoms. The second-order valence-corrected chi connectivity index (χ2v) is 10.6. The van der Waals surface area contributed by atoms with Crippen molar-refractivity contribution in [2.75, 3.05) is 23.7 Å². The van der Waals surface area contributed by atoms with Crippen LogP contribution in [0.15, 0.2) is 48.5 Å². The van der Waals surface area contributed by atoms with Gasteiger partial charge in [-0.25, -0.2) is 8.42 Å². The van der Waals surface area contributed by atoms with Gasteiger partial charge >= 0.3 is 0 Å². The number of hydrogen-bond acceptors (Lipinski definition) is 4. The third kappa shape index (κ3) is 5.34. The Morgan fingerprint density at radius 3 is 2.65 bits per heavy atom. The molecular weight excluding hydrogens is 412 g/mol. The van der Waals surface area contributed by atoms with Crippen molar-refractivity contribution >= 4 is 27.3 Å². The molecule has 6 nitrogen and oxygen atoms in total. The standard InChI is InChI=1S/C24H28N2O4S/c27-23-15-21(16-26(23)22-11-10-19-8-4-9-20(19)14-22)24(28)25-12-5-13-31(29,30)17-18-6-2-1-3-7-18/h1-3,6-7,10-11,14,21H,4-5,8-9,12-13,15-17H2,(H,25,28). The lowest BCUT2D eigenvalue weighted by atomic mass is 10.1. The molecule has 2 aromatic rings. The van der Waals surface area contributed by atoms with Crippen LogP contribution in [-0.2, 0) is 38.0 Å². The lowest BCUT2D eigenvalue weighted by molar-refractivity contribution is -0.126. The van der Waals surface area contributed by atoms with Gasteiger partial charge in [0.1, 0.15) is 0 Å². The summed E-state index contributed by atoms with van der Waals surface area (Å²) in [6.45, 7) is 0.659. The summed E-state index contributed by atoms with van der Waals surface area (Å²) in [5.74, 6) is -0.593. The molecule has 1 heterocycles. The fraction of sp³-hybridized carbons (Fsp3) is 0.417. The molecule has 4 rings (SSSR count). The van der Waals surface area contributed by atoms with Gasteiger partial charge in [0.25, 0.3) is 0 Å². The number of hydrogen-bond donors (Lipinski definition) is 1. The van der Waals surface area contributed by atoms with Gasteiger partial charge in [-0.05, 0) is 54.5 Å². The normalized spacial score (nSPS) is 18.3. The van der Waals surface area contributed by atoms with Gasteiger partial charge < -0.3 is 10.2 Å². The van der Waals surface area contributed by atoms with Crippen LogP contribution in [0.1, 0.15) is 36.0 Å². The van der Waals surface area contributed by atoms with Crippen LogP contribution in [0.2, 0.25) is 0 Å². The first-order valence-corrected chi connectivity index (χ1v) is 12.7. The molecule has 1 atom stereocenters. The number of carbonyl (C=O) groups is 2. The van der Waals surface area contributed by atoms with Crippen molar-refractivity contribution < 1.29 is 18.0 Å². The van der Waals surface area contributed by atoms with Crippen molar-refractivity contribution in [3.63, 3.8) is 0 Å². The van der Waals surface area contributed by atoms with Crippen LogP contribution in [0.4, 0.5) is 5.69 Å². The Morgan fingerprint density at radius 2 is 1.84 bits per heavy atom. The zero-order valence-corrected chi connectivity index (χ0v) is 18.4. The molecule has 1 N–H and O–H groups in total. The van der Waals surface area contributed by atoms with Gasteiger partial charge in [0.05, 0.1) is 17.4 Å². The number of aryl methyl sites for hydroxylation is 2. The van der Waals surface area contributed by atoms with Gasteiger partial charge in [-0.15, -0.1) is 0 Å². The van der Waals surface area contributed by atoms with E-state index in [0.717, 1.165) is 30.5 Å². The van der Waals surface area contributed by atoms with Crippen LogP contribution in [0.5, 0.6) is 0 Å². The summed E-state index contributed by atoms with van der Waals surface area (Å²) >= 11 is 0. The Labute approximate surface area is 183 Å². The van der Waals surface area contributed by atoms with E-state index in [0.29, 0.717) is 13.0 Å². The average Bonchev–Trinajstić information content (AvgIpc) is 3.37. The maximum Gasteiger partial charge on any atom is 0.227 e. The SMILES string of the molecule is O=C(NCCCS(=O)(=O)Cc1ccccc1)C1CC(=O)N(c2ccc3c(c2)CCC3)C1. The average molecular weight is 441 g/mol. The van der Waals surface area contributed by atoms with Gasteiger partial charge in [-0.1, -0.05) is 36.4 Å². The molecule has 164 valence electrons. The number of amides is 2. The van der Waals surface area contributed by atoms with Gasteiger partial charge in [0.2, 0.25) is 11.8 Å². The summed E-state index contributed by atoms with van der Waals surface area (Å²) in [6.07, 6.45) is 3.84. The molecule has 1 saturated heterocycles. The Bertz CT molecular complexity index is 1070. The van der Waals surface area contributed by atoms with E-state index >= 15 is 0 Å². The first kappa shape index (κ1) is 21.6. The molecule has 1 aliphatic carbocycles. The fourth-order valence-electron chi connectivity index (χ4n) is 4.41. The van der Waals surface area contributed by atoms with Crippen molar-refractivity contribution in [3.8, 4) is 0 Å². The number of nitrogens with zero attached hydrogens (tertiary/aromatic N) is 1. The minimum Gasteiger partial charge on any atom is -0.356 e. The second kappa shape index (κ2) is 9.22. The monoisotopic (exact) mass is 440 g/mol. The zero-order valence-electron chi connectivity index (χ0n) is 17.5. The fourth-order valence-corrected chi connectivity index (χ4v) is 5.84. The largest absolute Gasteiger partial charge is 0.356 e.